The summed E-state index contributed by atoms with van der Waals surface area (Å²) in [5, 5.41) is 7.25. The lowest BCUT2D eigenvalue weighted by atomic mass is 9.94. The lowest BCUT2D eigenvalue weighted by Crippen LogP contribution is -2.46. The number of rotatable bonds is 5. The number of halogens is 1. The maximum atomic E-state index is 13.6. The Morgan fingerprint density at radius 2 is 1.77 bits per heavy atom. The predicted octanol–water partition coefficient (Wildman–Crippen LogP) is 6.45. The molecule has 0 saturated heterocycles. The SMILES string of the molecule is CCc1ccc(N2C(=O)NC(c3ccc(F)cc3)C(c3nc(-c4cccc(C)c4)no3)=C2C)cc1. The molecule has 0 aliphatic carbocycles. The third-order valence-corrected chi connectivity index (χ3v) is 6.22. The largest absolute Gasteiger partial charge is 0.334 e. The van der Waals surface area contributed by atoms with Gasteiger partial charge in [-0.25, -0.2) is 9.18 Å². The molecule has 1 N–H and O–H groups in total. The quantitative estimate of drug-likeness (QED) is 0.365. The summed E-state index contributed by atoms with van der Waals surface area (Å²) in [4.78, 5) is 19.6. The Morgan fingerprint density at radius 1 is 1.03 bits per heavy atom. The minimum Gasteiger partial charge on any atom is -0.334 e. The van der Waals surface area contributed by atoms with E-state index in [0.29, 0.717) is 28.5 Å². The number of aryl methyl sites for hydroxylation is 2. The molecule has 2 heterocycles. The van der Waals surface area contributed by atoms with Gasteiger partial charge in [0.25, 0.3) is 5.89 Å². The van der Waals surface area contributed by atoms with Gasteiger partial charge in [-0.3, -0.25) is 4.90 Å². The van der Waals surface area contributed by atoms with Gasteiger partial charge < -0.3 is 9.84 Å². The molecule has 7 heteroatoms. The van der Waals surface area contributed by atoms with Crippen LogP contribution in [0.4, 0.5) is 14.9 Å². The third kappa shape index (κ3) is 4.33. The first-order valence-corrected chi connectivity index (χ1v) is 11.5. The molecule has 0 saturated carbocycles. The zero-order valence-corrected chi connectivity index (χ0v) is 19.7. The summed E-state index contributed by atoms with van der Waals surface area (Å²) >= 11 is 0. The fourth-order valence-electron chi connectivity index (χ4n) is 4.35. The van der Waals surface area contributed by atoms with Crippen molar-refractivity contribution in [3.63, 3.8) is 0 Å². The smallest absolute Gasteiger partial charge is 0.326 e. The molecule has 1 atom stereocenters. The minimum absolute atomic E-state index is 0.289. The van der Waals surface area contributed by atoms with Gasteiger partial charge in [-0.1, -0.05) is 60.1 Å². The summed E-state index contributed by atoms with van der Waals surface area (Å²) < 4.78 is 19.4. The Kier molecular flexibility index (Phi) is 5.91. The van der Waals surface area contributed by atoms with Crippen LogP contribution in [0.2, 0.25) is 0 Å². The number of nitrogens with one attached hydrogen (secondary N) is 1. The number of hydrogen-bond donors (Lipinski definition) is 1. The van der Waals surface area contributed by atoms with Gasteiger partial charge in [0.05, 0.1) is 17.3 Å². The third-order valence-electron chi connectivity index (χ3n) is 6.22. The van der Waals surface area contributed by atoms with E-state index in [2.05, 4.69) is 22.4 Å². The van der Waals surface area contributed by atoms with Crippen molar-refractivity contribution in [3.05, 3.63) is 107 Å². The summed E-state index contributed by atoms with van der Waals surface area (Å²) in [5.41, 5.74) is 5.85. The van der Waals surface area contributed by atoms with Crippen LogP contribution in [0, 0.1) is 12.7 Å². The Labute approximate surface area is 203 Å². The molecule has 1 aliphatic heterocycles. The van der Waals surface area contributed by atoms with E-state index in [0.717, 1.165) is 23.2 Å². The molecule has 2 amide bonds. The van der Waals surface area contributed by atoms with E-state index in [4.69, 9.17) is 4.52 Å². The van der Waals surface area contributed by atoms with Crippen LogP contribution < -0.4 is 10.2 Å². The second-order valence-corrected chi connectivity index (χ2v) is 8.58. The molecule has 0 fully saturated rings. The van der Waals surface area contributed by atoms with E-state index in [1.54, 1.807) is 17.0 Å². The first-order valence-electron chi connectivity index (χ1n) is 11.5. The molecule has 1 aliphatic rings. The van der Waals surface area contributed by atoms with Crippen molar-refractivity contribution in [1.29, 1.82) is 0 Å². The molecule has 1 aromatic heterocycles. The first-order chi connectivity index (χ1) is 16.9. The number of allylic oxidation sites excluding steroid dienone is 1. The summed E-state index contributed by atoms with van der Waals surface area (Å²) in [6.07, 6.45) is 0.906. The van der Waals surface area contributed by atoms with Crippen molar-refractivity contribution in [2.24, 2.45) is 0 Å². The van der Waals surface area contributed by atoms with Crippen LogP contribution in [0.15, 0.2) is 83.0 Å². The van der Waals surface area contributed by atoms with Gasteiger partial charge in [-0.05, 0) is 61.7 Å². The second kappa shape index (κ2) is 9.18. The minimum atomic E-state index is -0.583. The molecular formula is C28H25FN4O2. The highest BCUT2D eigenvalue weighted by atomic mass is 19.1. The van der Waals surface area contributed by atoms with Crippen LogP contribution in [0.3, 0.4) is 0 Å². The number of nitrogens with zero attached hydrogens (tertiary/aromatic N) is 3. The van der Waals surface area contributed by atoms with Gasteiger partial charge in [0.2, 0.25) is 5.82 Å². The molecular weight excluding hydrogens is 443 g/mol. The molecule has 0 radical (unpaired) electrons. The Bertz CT molecular complexity index is 1410. The summed E-state index contributed by atoms with van der Waals surface area (Å²) in [5.74, 6) is 0.399. The summed E-state index contributed by atoms with van der Waals surface area (Å²) in [6.45, 7) is 5.94. The number of aromatic nitrogens is 2. The van der Waals surface area contributed by atoms with Gasteiger partial charge >= 0.3 is 6.03 Å². The van der Waals surface area contributed by atoms with Gasteiger partial charge in [0, 0.05) is 11.3 Å². The number of carbonyl (C=O) groups excluding carboxylic acids is 1. The number of benzene rings is 3. The Hall–Kier alpha value is -4.26. The zero-order valence-electron chi connectivity index (χ0n) is 19.7. The van der Waals surface area contributed by atoms with Gasteiger partial charge in [-0.2, -0.15) is 4.98 Å². The van der Waals surface area contributed by atoms with Crippen LogP contribution in [-0.4, -0.2) is 16.2 Å². The zero-order chi connectivity index (χ0) is 24.5. The second-order valence-electron chi connectivity index (χ2n) is 8.58. The number of carbonyl (C=O) groups is 1. The number of amides is 2. The van der Waals surface area contributed by atoms with Crippen LogP contribution >= 0.6 is 0 Å². The average Bonchev–Trinajstić information content (AvgIpc) is 3.34. The van der Waals surface area contributed by atoms with Crippen molar-refractivity contribution in [2.45, 2.75) is 33.2 Å². The predicted molar refractivity (Wildman–Crippen MR) is 133 cm³/mol. The molecule has 3 aromatic carbocycles. The highest BCUT2D eigenvalue weighted by Crippen LogP contribution is 2.39. The van der Waals surface area contributed by atoms with E-state index < -0.39 is 6.04 Å². The van der Waals surface area contributed by atoms with Crippen LogP contribution in [-0.2, 0) is 6.42 Å². The monoisotopic (exact) mass is 468 g/mol. The van der Waals surface area contributed by atoms with E-state index in [1.807, 2.05) is 62.4 Å². The standard InChI is InChI=1S/C28H25FN4O2/c1-4-19-8-14-23(15-9-19)33-18(3)24(25(30-28(33)34)20-10-12-22(29)13-11-20)27-31-26(32-35-27)21-7-5-6-17(2)16-21/h5-16,25H,4H2,1-3H3,(H,30,34). The van der Waals surface area contributed by atoms with E-state index in [9.17, 15) is 9.18 Å². The summed E-state index contributed by atoms with van der Waals surface area (Å²) in [7, 11) is 0. The molecule has 1 unspecified atom stereocenters. The molecule has 176 valence electrons. The molecule has 5 rings (SSSR count). The highest BCUT2D eigenvalue weighted by molar-refractivity contribution is 6.01. The fourth-order valence-corrected chi connectivity index (χ4v) is 4.35. The molecule has 4 aromatic rings. The Morgan fingerprint density at radius 3 is 2.46 bits per heavy atom. The van der Waals surface area contributed by atoms with E-state index >= 15 is 0 Å². The highest BCUT2D eigenvalue weighted by Gasteiger charge is 2.36. The van der Waals surface area contributed by atoms with Crippen molar-refractivity contribution in [3.8, 4) is 11.4 Å². The van der Waals surface area contributed by atoms with Gasteiger partial charge in [0.1, 0.15) is 5.82 Å². The van der Waals surface area contributed by atoms with Gasteiger partial charge in [-0.15, -0.1) is 0 Å². The van der Waals surface area contributed by atoms with Crippen molar-refractivity contribution in [1.82, 2.24) is 15.5 Å². The van der Waals surface area contributed by atoms with Crippen LogP contribution in [0.25, 0.3) is 17.0 Å². The molecule has 35 heavy (non-hydrogen) atoms. The molecule has 6 nitrogen and oxygen atoms in total. The van der Waals surface area contributed by atoms with E-state index in [1.165, 1.54) is 17.7 Å². The van der Waals surface area contributed by atoms with E-state index in [-0.39, 0.29) is 11.8 Å². The maximum absolute atomic E-state index is 13.6. The van der Waals surface area contributed by atoms with Crippen molar-refractivity contribution >= 4 is 17.3 Å². The molecule has 0 bridgehead atoms. The normalized spacial score (nSPS) is 15.9. The number of urea groups is 1. The van der Waals surface area contributed by atoms with Crippen LogP contribution in [0.1, 0.15) is 42.5 Å². The van der Waals surface area contributed by atoms with Crippen molar-refractivity contribution in [2.75, 3.05) is 4.90 Å². The summed E-state index contributed by atoms with van der Waals surface area (Å²) in [6, 6.07) is 20.9. The number of hydrogen-bond acceptors (Lipinski definition) is 4. The fraction of sp³-hybridized carbons (Fsp3) is 0.179. The van der Waals surface area contributed by atoms with Crippen molar-refractivity contribution < 1.29 is 13.7 Å². The van der Waals surface area contributed by atoms with Crippen LogP contribution in [0.5, 0.6) is 0 Å². The Balaban J connectivity index is 1.64. The lowest BCUT2D eigenvalue weighted by molar-refractivity contribution is 0.244. The first kappa shape index (κ1) is 22.5. The topological polar surface area (TPSA) is 71.3 Å². The number of anilines is 1. The molecule has 0 spiro atoms. The van der Waals surface area contributed by atoms with Gasteiger partial charge in [0.15, 0.2) is 0 Å². The maximum Gasteiger partial charge on any atom is 0.326 e. The average molecular weight is 469 g/mol. The lowest BCUT2D eigenvalue weighted by Gasteiger charge is -2.35.